The van der Waals surface area contributed by atoms with Gasteiger partial charge in [-0.15, -0.1) is 0 Å². The summed E-state index contributed by atoms with van der Waals surface area (Å²) in [5.74, 6) is -9.04. The van der Waals surface area contributed by atoms with E-state index in [0.29, 0.717) is 6.26 Å². The Balaban J connectivity index is 3.33. The lowest BCUT2D eigenvalue weighted by Gasteiger charge is -2.05. The van der Waals surface area contributed by atoms with E-state index in [2.05, 4.69) is 4.18 Å². The zero-order valence-electron chi connectivity index (χ0n) is 7.22. The zero-order chi connectivity index (χ0) is 11.8. The topological polar surface area (TPSA) is 43.4 Å². The lowest BCUT2D eigenvalue weighted by molar-refractivity contribution is 0.385. The maximum Gasteiger partial charge on any atom is 0.306 e. The molecule has 0 N–H and O–H groups in total. The normalized spacial score (nSPS) is 11.5. The molecule has 0 amide bonds. The van der Waals surface area contributed by atoms with Gasteiger partial charge in [0.15, 0.2) is 17.4 Å². The van der Waals surface area contributed by atoms with Gasteiger partial charge in [-0.05, 0) is 0 Å². The van der Waals surface area contributed by atoms with Gasteiger partial charge in [-0.25, -0.2) is 13.2 Å². The Morgan fingerprint density at radius 1 is 1.07 bits per heavy atom. The second-order valence-corrected chi connectivity index (χ2v) is 4.16. The van der Waals surface area contributed by atoms with Gasteiger partial charge in [0.25, 0.3) is 0 Å². The minimum Gasteiger partial charge on any atom is -0.379 e. The Labute approximate surface area is 82.4 Å². The first-order valence-electron chi connectivity index (χ1n) is 3.45. The first kappa shape index (κ1) is 11.8. The second kappa shape index (κ2) is 3.69. The highest BCUT2D eigenvalue weighted by Gasteiger charge is 2.21. The fraction of sp³-hybridized carbons (Fsp3) is 0.143. The van der Waals surface area contributed by atoms with Gasteiger partial charge in [-0.2, -0.15) is 12.8 Å². The summed E-state index contributed by atoms with van der Waals surface area (Å²) in [5, 5.41) is 0. The largest absolute Gasteiger partial charge is 0.379 e. The molecular weight excluding hydrogens is 240 g/mol. The van der Waals surface area contributed by atoms with Crippen molar-refractivity contribution in [2.45, 2.75) is 0 Å². The van der Waals surface area contributed by atoms with Crippen LogP contribution in [-0.4, -0.2) is 14.7 Å². The Morgan fingerprint density at radius 3 is 2.07 bits per heavy atom. The summed E-state index contributed by atoms with van der Waals surface area (Å²) in [6.45, 7) is 0. The molecule has 0 unspecified atom stereocenters. The Kier molecular flexibility index (Phi) is 2.89. The summed E-state index contributed by atoms with van der Waals surface area (Å²) in [6.07, 6.45) is 0.547. The molecule has 84 valence electrons. The van der Waals surface area contributed by atoms with Gasteiger partial charge >= 0.3 is 10.1 Å². The molecule has 8 heteroatoms. The fourth-order valence-corrected chi connectivity index (χ4v) is 1.22. The Morgan fingerprint density at radius 2 is 1.60 bits per heavy atom. The highest BCUT2D eigenvalue weighted by atomic mass is 32.2. The zero-order valence-corrected chi connectivity index (χ0v) is 8.04. The molecule has 1 aromatic rings. The van der Waals surface area contributed by atoms with Crippen LogP contribution in [0.2, 0.25) is 0 Å². The third-order valence-electron chi connectivity index (χ3n) is 1.31. The van der Waals surface area contributed by atoms with Crippen molar-refractivity contribution in [3.63, 3.8) is 0 Å². The predicted molar refractivity (Wildman–Crippen MR) is 41.7 cm³/mol. The van der Waals surface area contributed by atoms with Crippen LogP contribution >= 0.6 is 0 Å². The van der Waals surface area contributed by atoms with Gasteiger partial charge in [-0.3, -0.25) is 0 Å². The van der Waals surface area contributed by atoms with Crippen molar-refractivity contribution in [1.29, 1.82) is 0 Å². The molecule has 0 saturated carbocycles. The molecule has 0 spiro atoms. The van der Waals surface area contributed by atoms with Crippen LogP contribution in [0.25, 0.3) is 0 Å². The van der Waals surface area contributed by atoms with Crippen molar-refractivity contribution in [2.75, 3.05) is 6.26 Å². The molecule has 0 aliphatic carbocycles. The van der Waals surface area contributed by atoms with E-state index in [9.17, 15) is 26.0 Å². The molecule has 0 heterocycles. The van der Waals surface area contributed by atoms with E-state index in [1.165, 1.54) is 0 Å². The fourth-order valence-electron chi connectivity index (χ4n) is 0.775. The highest BCUT2D eigenvalue weighted by molar-refractivity contribution is 7.86. The maximum atomic E-state index is 12.8. The van der Waals surface area contributed by atoms with Crippen LogP contribution in [0.4, 0.5) is 17.6 Å². The van der Waals surface area contributed by atoms with Crippen LogP contribution in [0, 0.1) is 23.3 Å². The highest BCUT2D eigenvalue weighted by Crippen LogP contribution is 2.25. The molecule has 1 rings (SSSR count). The second-order valence-electron chi connectivity index (χ2n) is 2.59. The third-order valence-corrected chi connectivity index (χ3v) is 1.79. The van der Waals surface area contributed by atoms with E-state index in [-0.39, 0.29) is 6.07 Å². The molecule has 0 aliphatic rings. The van der Waals surface area contributed by atoms with Crippen molar-refractivity contribution in [1.82, 2.24) is 0 Å². The van der Waals surface area contributed by atoms with Gasteiger partial charge in [0.05, 0.1) is 6.26 Å². The van der Waals surface area contributed by atoms with Crippen molar-refractivity contribution in [3.8, 4) is 5.75 Å². The smallest absolute Gasteiger partial charge is 0.306 e. The van der Waals surface area contributed by atoms with Crippen molar-refractivity contribution in [2.24, 2.45) is 0 Å². The predicted octanol–water partition coefficient (Wildman–Crippen LogP) is 1.58. The van der Waals surface area contributed by atoms with Crippen LogP contribution in [0.1, 0.15) is 0 Å². The van der Waals surface area contributed by atoms with Crippen LogP contribution in [0.5, 0.6) is 5.75 Å². The molecular formula is C7H4F4O3S. The van der Waals surface area contributed by atoms with Gasteiger partial charge in [-0.1, -0.05) is 0 Å². The van der Waals surface area contributed by atoms with E-state index >= 15 is 0 Å². The first-order chi connectivity index (χ1) is 6.72. The van der Waals surface area contributed by atoms with Crippen molar-refractivity contribution < 1.29 is 30.2 Å². The Hall–Kier alpha value is -1.31. The van der Waals surface area contributed by atoms with Gasteiger partial charge in [0.1, 0.15) is 0 Å². The van der Waals surface area contributed by atoms with Crippen LogP contribution < -0.4 is 4.18 Å². The number of halogens is 4. The molecule has 3 nitrogen and oxygen atoms in total. The summed E-state index contributed by atoms with van der Waals surface area (Å²) in [7, 11) is -4.14. The third kappa shape index (κ3) is 2.58. The minimum absolute atomic E-state index is 0.106. The molecule has 1 aromatic carbocycles. The molecule has 0 aliphatic heterocycles. The SMILES string of the molecule is CS(=O)(=O)Oc1cc(F)c(F)c(F)c1F. The summed E-state index contributed by atoms with van der Waals surface area (Å²) < 4.78 is 75.3. The lowest BCUT2D eigenvalue weighted by atomic mass is 10.3. The molecule has 0 fully saturated rings. The molecule has 0 atom stereocenters. The van der Waals surface area contributed by atoms with Gasteiger partial charge < -0.3 is 4.18 Å². The average molecular weight is 244 g/mol. The molecule has 0 saturated heterocycles. The summed E-state index contributed by atoms with van der Waals surface area (Å²) >= 11 is 0. The minimum atomic E-state index is -4.14. The molecule has 15 heavy (non-hydrogen) atoms. The monoisotopic (exact) mass is 244 g/mol. The van der Waals surface area contributed by atoms with E-state index < -0.39 is 39.1 Å². The number of rotatable bonds is 2. The van der Waals surface area contributed by atoms with Crippen molar-refractivity contribution >= 4 is 10.1 Å². The number of hydrogen-bond acceptors (Lipinski definition) is 3. The molecule has 0 bridgehead atoms. The standard InChI is InChI=1S/C7H4F4O3S/c1-15(12,13)14-4-2-3(8)5(9)7(11)6(4)10/h2H,1H3. The van der Waals surface area contributed by atoms with Crippen LogP contribution in [-0.2, 0) is 10.1 Å². The van der Waals surface area contributed by atoms with Crippen LogP contribution in [0.3, 0.4) is 0 Å². The van der Waals surface area contributed by atoms with E-state index in [1.54, 1.807) is 0 Å². The summed E-state index contributed by atoms with van der Waals surface area (Å²) in [4.78, 5) is 0. The first-order valence-corrected chi connectivity index (χ1v) is 5.26. The summed E-state index contributed by atoms with van der Waals surface area (Å²) in [6, 6.07) is 0.106. The van der Waals surface area contributed by atoms with Gasteiger partial charge in [0, 0.05) is 6.07 Å². The average Bonchev–Trinajstić information content (AvgIpc) is 2.08. The van der Waals surface area contributed by atoms with Crippen LogP contribution in [0.15, 0.2) is 6.07 Å². The Bertz CT molecular complexity index is 497. The molecule has 0 radical (unpaired) electrons. The van der Waals surface area contributed by atoms with E-state index in [0.717, 1.165) is 0 Å². The lowest BCUT2D eigenvalue weighted by Crippen LogP contribution is -2.09. The quantitative estimate of drug-likeness (QED) is 0.343. The summed E-state index contributed by atoms with van der Waals surface area (Å²) in [5.41, 5.74) is 0. The maximum absolute atomic E-state index is 12.8. The number of hydrogen-bond donors (Lipinski definition) is 0. The van der Waals surface area contributed by atoms with Gasteiger partial charge in [0.2, 0.25) is 11.6 Å². The van der Waals surface area contributed by atoms with E-state index in [4.69, 9.17) is 0 Å². The van der Waals surface area contributed by atoms with E-state index in [1.807, 2.05) is 0 Å². The molecule has 0 aromatic heterocycles. The van der Waals surface area contributed by atoms with Crippen molar-refractivity contribution in [3.05, 3.63) is 29.3 Å². The number of benzene rings is 1.